The number of nitrogens with one attached hydrogen (secondary N) is 1. The van der Waals surface area contributed by atoms with E-state index in [4.69, 9.17) is 11.6 Å². The molecule has 0 unspecified atom stereocenters. The van der Waals surface area contributed by atoms with Crippen LogP contribution in [0.15, 0.2) is 30.6 Å². The molecule has 0 fully saturated rings. The maximum atomic E-state index is 11.9. The van der Waals surface area contributed by atoms with Crippen LogP contribution < -0.4 is 5.32 Å². The lowest BCUT2D eigenvalue weighted by Gasteiger charge is -2.05. The Morgan fingerprint density at radius 1 is 1.29 bits per heavy atom. The number of rotatable bonds is 2. The number of aryl methyl sites for hydroxylation is 1. The van der Waals surface area contributed by atoms with Crippen molar-refractivity contribution < 1.29 is 4.79 Å². The zero-order valence-electron chi connectivity index (χ0n) is 9.01. The summed E-state index contributed by atoms with van der Waals surface area (Å²) in [6.07, 6.45) is 3.11. The third-order valence-corrected chi connectivity index (χ3v) is 2.30. The van der Waals surface area contributed by atoms with E-state index in [0.717, 1.165) is 0 Å². The van der Waals surface area contributed by atoms with Gasteiger partial charge in [-0.1, -0.05) is 0 Å². The topological polar surface area (TPSA) is 67.8 Å². The third-order valence-electron chi connectivity index (χ3n) is 2.12. The SMILES string of the molecule is Cc1ncccc1C(=O)Nc1ccnc(Cl)n1. The third kappa shape index (κ3) is 2.76. The van der Waals surface area contributed by atoms with E-state index in [0.29, 0.717) is 17.1 Å². The summed E-state index contributed by atoms with van der Waals surface area (Å²) in [5, 5.41) is 2.71. The molecule has 0 saturated carbocycles. The van der Waals surface area contributed by atoms with Crippen LogP contribution in [-0.2, 0) is 0 Å². The molecule has 0 saturated heterocycles. The minimum absolute atomic E-state index is 0.0886. The molecule has 0 radical (unpaired) electrons. The van der Waals surface area contributed by atoms with Crippen molar-refractivity contribution in [2.45, 2.75) is 6.92 Å². The number of pyridine rings is 1. The first-order valence-corrected chi connectivity index (χ1v) is 5.26. The maximum absolute atomic E-state index is 11.9. The molecule has 0 atom stereocenters. The number of nitrogens with zero attached hydrogens (tertiary/aromatic N) is 3. The maximum Gasteiger partial charge on any atom is 0.258 e. The molecule has 2 aromatic heterocycles. The number of amides is 1. The van der Waals surface area contributed by atoms with Crippen LogP contribution in [0.2, 0.25) is 5.28 Å². The van der Waals surface area contributed by atoms with E-state index < -0.39 is 0 Å². The molecular weight excluding hydrogens is 240 g/mol. The van der Waals surface area contributed by atoms with Gasteiger partial charge in [-0.15, -0.1) is 0 Å². The second-order valence-corrected chi connectivity index (χ2v) is 3.64. The molecular formula is C11H9ClN4O. The summed E-state index contributed by atoms with van der Waals surface area (Å²) in [4.78, 5) is 23.5. The zero-order chi connectivity index (χ0) is 12.3. The monoisotopic (exact) mass is 248 g/mol. The van der Waals surface area contributed by atoms with Gasteiger partial charge >= 0.3 is 0 Å². The fourth-order valence-corrected chi connectivity index (χ4v) is 1.46. The van der Waals surface area contributed by atoms with Crippen LogP contribution in [0.5, 0.6) is 0 Å². The molecule has 1 amide bonds. The number of aromatic nitrogens is 3. The van der Waals surface area contributed by atoms with Gasteiger partial charge in [-0.05, 0) is 36.7 Å². The first-order valence-electron chi connectivity index (χ1n) is 4.88. The minimum atomic E-state index is -0.273. The Kier molecular flexibility index (Phi) is 3.30. The molecule has 2 heterocycles. The van der Waals surface area contributed by atoms with Crippen molar-refractivity contribution in [3.63, 3.8) is 0 Å². The first-order chi connectivity index (χ1) is 8.16. The number of halogens is 1. The Balaban J connectivity index is 2.20. The van der Waals surface area contributed by atoms with E-state index in [-0.39, 0.29) is 11.2 Å². The first kappa shape index (κ1) is 11.5. The molecule has 5 nitrogen and oxygen atoms in total. The number of carbonyl (C=O) groups is 1. The minimum Gasteiger partial charge on any atom is -0.306 e. The molecule has 17 heavy (non-hydrogen) atoms. The van der Waals surface area contributed by atoms with Crippen LogP contribution in [0, 0.1) is 6.92 Å². The molecule has 1 N–H and O–H groups in total. The highest BCUT2D eigenvalue weighted by atomic mass is 35.5. The van der Waals surface area contributed by atoms with E-state index in [1.165, 1.54) is 6.20 Å². The van der Waals surface area contributed by atoms with E-state index in [1.807, 2.05) is 0 Å². The molecule has 86 valence electrons. The summed E-state index contributed by atoms with van der Waals surface area (Å²) in [5.41, 5.74) is 1.16. The normalized spacial score (nSPS) is 10.0. The quantitative estimate of drug-likeness (QED) is 0.827. The second kappa shape index (κ2) is 4.88. The zero-order valence-corrected chi connectivity index (χ0v) is 9.77. The highest BCUT2D eigenvalue weighted by Crippen LogP contribution is 2.09. The van der Waals surface area contributed by atoms with E-state index in [9.17, 15) is 4.79 Å². The van der Waals surface area contributed by atoms with Crippen LogP contribution in [0.4, 0.5) is 5.82 Å². The van der Waals surface area contributed by atoms with Crippen LogP contribution in [-0.4, -0.2) is 20.9 Å². The van der Waals surface area contributed by atoms with Gasteiger partial charge in [-0.3, -0.25) is 9.78 Å². The molecule has 2 aromatic rings. The largest absolute Gasteiger partial charge is 0.306 e. The van der Waals surface area contributed by atoms with Gasteiger partial charge in [0.25, 0.3) is 5.91 Å². The lowest BCUT2D eigenvalue weighted by Crippen LogP contribution is -2.14. The summed E-state index contributed by atoms with van der Waals surface area (Å²) in [7, 11) is 0. The molecule has 0 spiro atoms. The molecule has 0 aromatic carbocycles. The van der Waals surface area contributed by atoms with Crippen LogP contribution in [0.1, 0.15) is 16.1 Å². The van der Waals surface area contributed by atoms with Crippen molar-refractivity contribution in [2.24, 2.45) is 0 Å². The van der Waals surface area contributed by atoms with Gasteiger partial charge in [0.05, 0.1) is 5.56 Å². The second-order valence-electron chi connectivity index (χ2n) is 3.30. The summed E-state index contributed by atoms with van der Waals surface area (Å²) >= 11 is 5.62. The van der Waals surface area contributed by atoms with Crippen molar-refractivity contribution in [3.05, 3.63) is 47.1 Å². The van der Waals surface area contributed by atoms with Crippen molar-refractivity contribution in [2.75, 3.05) is 5.32 Å². The predicted octanol–water partition coefficient (Wildman–Crippen LogP) is 2.09. The van der Waals surface area contributed by atoms with E-state index >= 15 is 0 Å². The summed E-state index contributed by atoms with van der Waals surface area (Å²) < 4.78 is 0. The molecule has 0 aliphatic heterocycles. The fourth-order valence-electron chi connectivity index (χ4n) is 1.31. The smallest absolute Gasteiger partial charge is 0.258 e. The Labute approximate surface area is 103 Å². The van der Waals surface area contributed by atoms with Crippen molar-refractivity contribution >= 4 is 23.3 Å². The molecule has 0 bridgehead atoms. The van der Waals surface area contributed by atoms with Crippen LogP contribution in [0.25, 0.3) is 0 Å². The summed E-state index contributed by atoms with van der Waals surface area (Å²) in [6, 6.07) is 4.96. The van der Waals surface area contributed by atoms with Gasteiger partial charge in [0, 0.05) is 18.1 Å². The number of carbonyl (C=O) groups excluding carboxylic acids is 1. The lowest BCUT2D eigenvalue weighted by atomic mass is 10.2. The van der Waals surface area contributed by atoms with Gasteiger partial charge in [0.15, 0.2) is 0 Å². The predicted molar refractivity (Wildman–Crippen MR) is 64.0 cm³/mol. The summed E-state index contributed by atoms with van der Waals surface area (Å²) in [5.74, 6) is 0.0867. The molecule has 2 rings (SSSR count). The highest BCUT2D eigenvalue weighted by Gasteiger charge is 2.10. The van der Waals surface area contributed by atoms with Gasteiger partial charge in [-0.2, -0.15) is 0 Å². The highest BCUT2D eigenvalue weighted by molar-refractivity contribution is 6.28. The average Bonchev–Trinajstić information content (AvgIpc) is 2.29. The van der Waals surface area contributed by atoms with Crippen molar-refractivity contribution in [3.8, 4) is 0 Å². The Bertz CT molecular complexity index is 559. The van der Waals surface area contributed by atoms with Crippen LogP contribution in [0.3, 0.4) is 0 Å². The van der Waals surface area contributed by atoms with Crippen molar-refractivity contribution in [1.82, 2.24) is 15.0 Å². The molecule has 6 heteroatoms. The Morgan fingerprint density at radius 2 is 2.12 bits per heavy atom. The van der Waals surface area contributed by atoms with E-state index in [1.54, 1.807) is 31.3 Å². The fraction of sp³-hybridized carbons (Fsp3) is 0.0909. The summed E-state index contributed by atoms with van der Waals surface area (Å²) in [6.45, 7) is 1.77. The Hall–Kier alpha value is -2.01. The number of hydrogen-bond acceptors (Lipinski definition) is 4. The Morgan fingerprint density at radius 3 is 2.82 bits per heavy atom. The molecule has 0 aliphatic carbocycles. The van der Waals surface area contributed by atoms with Gasteiger partial charge in [0.1, 0.15) is 5.82 Å². The van der Waals surface area contributed by atoms with Crippen molar-refractivity contribution in [1.29, 1.82) is 0 Å². The number of anilines is 1. The van der Waals surface area contributed by atoms with Gasteiger partial charge in [-0.25, -0.2) is 9.97 Å². The number of hydrogen-bond donors (Lipinski definition) is 1. The average molecular weight is 249 g/mol. The van der Waals surface area contributed by atoms with Gasteiger partial charge < -0.3 is 5.32 Å². The van der Waals surface area contributed by atoms with Crippen LogP contribution >= 0.6 is 11.6 Å². The molecule has 0 aliphatic rings. The van der Waals surface area contributed by atoms with E-state index in [2.05, 4.69) is 20.3 Å². The lowest BCUT2D eigenvalue weighted by molar-refractivity contribution is 0.102. The standard InChI is InChI=1S/C11H9ClN4O/c1-7-8(3-2-5-13-7)10(17)15-9-4-6-14-11(12)16-9/h2-6H,1H3,(H,14,15,16,17). The van der Waals surface area contributed by atoms with Gasteiger partial charge in [0.2, 0.25) is 5.28 Å².